The van der Waals surface area contributed by atoms with Gasteiger partial charge in [0.2, 0.25) is 0 Å². The minimum atomic E-state index is -0.432. The molecule has 5 heteroatoms. The summed E-state index contributed by atoms with van der Waals surface area (Å²) < 4.78 is 12.1. The summed E-state index contributed by atoms with van der Waals surface area (Å²) in [5.74, 6) is 0.559. The molecule has 0 radical (unpaired) electrons. The first-order valence-corrected chi connectivity index (χ1v) is 8.41. The van der Waals surface area contributed by atoms with Gasteiger partial charge in [0.05, 0.1) is 11.2 Å². The molecule has 1 saturated carbocycles. The van der Waals surface area contributed by atoms with Crippen molar-refractivity contribution in [2.24, 2.45) is 0 Å². The maximum atomic E-state index is 6.29. The van der Waals surface area contributed by atoms with Crippen LogP contribution in [-0.2, 0) is 9.31 Å². The monoisotopic (exact) mass is 302 g/mol. The Morgan fingerprint density at radius 2 is 1.68 bits per heavy atom. The summed E-state index contributed by atoms with van der Waals surface area (Å²) >= 11 is 0. The van der Waals surface area contributed by atoms with E-state index in [0.717, 1.165) is 16.8 Å². The highest BCUT2D eigenvalue weighted by Crippen LogP contribution is 2.37. The van der Waals surface area contributed by atoms with Gasteiger partial charge in [0.15, 0.2) is 0 Å². The van der Waals surface area contributed by atoms with Gasteiger partial charge >= 0.3 is 7.12 Å². The summed E-state index contributed by atoms with van der Waals surface area (Å²) in [6.45, 7) is 8.19. The summed E-state index contributed by atoms with van der Waals surface area (Å²) in [4.78, 5) is 4.66. The van der Waals surface area contributed by atoms with Crippen molar-refractivity contribution in [3.8, 4) is 0 Å². The molecule has 4 nitrogen and oxygen atoms in total. The molecule has 22 heavy (non-hydrogen) atoms. The number of anilines is 1. The van der Waals surface area contributed by atoms with Crippen molar-refractivity contribution < 1.29 is 9.31 Å². The Hall–Kier alpha value is -1.07. The highest BCUT2D eigenvalue weighted by Gasteiger charge is 2.52. The highest BCUT2D eigenvalue weighted by atomic mass is 16.7. The largest absolute Gasteiger partial charge is 0.498 e. The van der Waals surface area contributed by atoms with Crippen LogP contribution >= 0.6 is 0 Å². The fourth-order valence-electron chi connectivity index (χ4n) is 3.29. The zero-order valence-corrected chi connectivity index (χ0v) is 14.2. The summed E-state index contributed by atoms with van der Waals surface area (Å²) in [6.07, 6.45) is 8.24. The zero-order chi connectivity index (χ0) is 16.0. The lowest BCUT2D eigenvalue weighted by molar-refractivity contribution is 0.00578. The number of aromatic nitrogens is 1. The van der Waals surface area contributed by atoms with Crippen molar-refractivity contribution in [1.82, 2.24) is 4.98 Å². The van der Waals surface area contributed by atoms with Gasteiger partial charge in [0.25, 0.3) is 0 Å². The van der Waals surface area contributed by atoms with Gasteiger partial charge < -0.3 is 15.0 Å². The molecule has 0 aromatic carbocycles. The minimum absolute atomic E-state index is 0.355. The lowest BCUT2D eigenvalue weighted by Crippen LogP contribution is -2.41. The molecule has 120 valence electrons. The van der Waals surface area contributed by atoms with Gasteiger partial charge in [-0.3, -0.25) is 4.98 Å². The SMILES string of the molecule is CC1(C)OB(c2cnc(C3CCCCC3)cc2N)OC1(C)C. The van der Waals surface area contributed by atoms with Gasteiger partial charge in [-0.25, -0.2) is 0 Å². The van der Waals surface area contributed by atoms with Gasteiger partial charge in [-0.1, -0.05) is 19.3 Å². The van der Waals surface area contributed by atoms with Crippen LogP contribution in [0.5, 0.6) is 0 Å². The van der Waals surface area contributed by atoms with Crippen LogP contribution in [0, 0.1) is 0 Å². The van der Waals surface area contributed by atoms with E-state index in [2.05, 4.69) is 4.98 Å². The van der Waals surface area contributed by atoms with Gasteiger partial charge in [-0.2, -0.15) is 0 Å². The van der Waals surface area contributed by atoms with Crippen molar-refractivity contribution in [2.45, 2.75) is 76.9 Å². The summed E-state index contributed by atoms with van der Waals surface area (Å²) in [6, 6.07) is 2.02. The van der Waals surface area contributed by atoms with Gasteiger partial charge in [-0.05, 0) is 46.6 Å². The Labute approximate surface area is 133 Å². The summed E-state index contributed by atoms with van der Waals surface area (Å²) in [7, 11) is -0.432. The Bertz CT molecular complexity index is 538. The summed E-state index contributed by atoms with van der Waals surface area (Å²) in [5.41, 5.74) is 8.27. The standard InChI is InChI=1S/C17H27BN2O2/c1-16(2)17(3,4)22-18(21-16)13-11-20-15(10-14(13)19)12-8-6-5-7-9-12/h10-12H,5-9H2,1-4H3,(H2,19,20). The molecule has 1 aliphatic carbocycles. The number of nitrogens with zero attached hydrogens (tertiary/aromatic N) is 1. The maximum Gasteiger partial charge on any atom is 0.498 e. The van der Waals surface area contributed by atoms with Crippen LogP contribution in [0.4, 0.5) is 5.69 Å². The van der Waals surface area contributed by atoms with E-state index in [1.54, 1.807) is 0 Å². The van der Waals surface area contributed by atoms with Crippen molar-refractivity contribution in [3.05, 3.63) is 18.0 Å². The van der Waals surface area contributed by atoms with Crippen molar-refractivity contribution in [2.75, 3.05) is 5.73 Å². The molecule has 0 amide bonds. The Morgan fingerprint density at radius 3 is 2.23 bits per heavy atom. The Kier molecular flexibility index (Phi) is 3.98. The second-order valence-electron chi connectivity index (χ2n) is 7.66. The van der Waals surface area contributed by atoms with Gasteiger partial charge in [-0.15, -0.1) is 0 Å². The van der Waals surface area contributed by atoms with E-state index in [9.17, 15) is 0 Å². The van der Waals surface area contributed by atoms with Crippen LogP contribution in [0.25, 0.3) is 0 Å². The highest BCUT2D eigenvalue weighted by molar-refractivity contribution is 6.63. The first kappa shape index (κ1) is 15.8. The molecule has 1 aliphatic heterocycles. The molecular formula is C17H27BN2O2. The quantitative estimate of drug-likeness (QED) is 0.853. The van der Waals surface area contributed by atoms with E-state index in [0.29, 0.717) is 5.92 Å². The van der Waals surface area contributed by atoms with E-state index in [1.165, 1.54) is 32.1 Å². The smallest absolute Gasteiger partial charge is 0.399 e. The van der Waals surface area contributed by atoms with E-state index in [1.807, 2.05) is 40.0 Å². The third kappa shape index (κ3) is 2.76. The number of hydrogen-bond donors (Lipinski definition) is 1. The predicted octanol–water partition coefficient (Wildman–Crippen LogP) is 3.01. The molecule has 3 rings (SSSR count). The molecular weight excluding hydrogens is 275 g/mol. The molecule has 0 spiro atoms. The molecule has 1 saturated heterocycles. The average molecular weight is 302 g/mol. The van der Waals surface area contributed by atoms with Gasteiger partial charge in [0.1, 0.15) is 0 Å². The molecule has 0 bridgehead atoms. The number of hydrogen-bond acceptors (Lipinski definition) is 4. The van der Waals surface area contributed by atoms with Crippen LogP contribution in [0.1, 0.15) is 71.4 Å². The molecule has 0 unspecified atom stereocenters. The van der Waals surface area contributed by atoms with Crippen molar-refractivity contribution >= 4 is 18.3 Å². The first-order chi connectivity index (χ1) is 10.3. The predicted molar refractivity (Wildman–Crippen MR) is 90.2 cm³/mol. The third-order valence-electron chi connectivity index (χ3n) is 5.52. The van der Waals surface area contributed by atoms with Crippen LogP contribution in [0.15, 0.2) is 12.3 Å². The Morgan fingerprint density at radius 1 is 1.09 bits per heavy atom. The second-order valence-corrected chi connectivity index (χ2v) is 7.66. The molecule has 2 heterocycles. The molecule has 1 aromatic rings. The van der Waals surface area contributed by atoms with Crippen LogP contribution in [-0.4, -0.2) is 23.3 Å². The second kappa shape index (κ2) is 5.53. The number of nitrogens with two attached hydrogens (primary N) is 1. The molecule has 2 aliphatic rings. The first-order valence-electron chi connectivity index (χ1n) is 8.41. The molecule has 2 fully saturated rings. The number of rotatable bonds is 2. The minimum Gasteiger partial charge on any atom is -0.399 e. The van der Waals surface area contributed by atoms with E-state index in [-0.39, 0.29) is 11.2 Å². The lowest BCUT2D eigenvalue weighted by Gasteiger charge is -2.32. The van der Waals surface area contributed by atoms with E-state index in [4.69, 9.17) is 15.0 Å². The van der Waals surface area contributed by atoms with Crippen LogP contribution in [0.2, 0.25) is 0 Å². The van der Waals surface area contributed by atoms with Crippen LogP contribution in [0.3, 0.4) is 0 Å². The normalized spacial score (nSPS) is 24.6. The number of nitrogen functional groups attached to an aromatic ring is 1. The molecule has 0 atom stereocenters. The third-order valence-corrected chi connectivity index (χ3v) is 5.52. The average Bonchev–Trinajstić information content (AvgIpc) is 2.68. The lowest BCUT2D eigenvalue weighted by atomic mass is 9.78. The van der Waals surface area contributed by atoms with Crippen LogP contribution < -0.4 is 11.2 Å². The van der Waals surface area contributed by atoms with Crippen molar-refractivity contribution in [3.63, 3.8) is 0 Å². The molecule has 1 aromatic heterocycles. The zero-order valence-electron chi connectivity index (χ0n) is 14.2. The molecule has 2 N–H and O–H groups in total. The Balaban J connectivity index is 1.81. The number of pyridine rings is 1. The van der Waals surface area contributed by atoms with Gasteiger partial charge in [0, 0.05) is 29.0 Å². The summed E-state index contributed by atoms with van der Waals surface area (Å²) in [5, 5.41) is 0. The fraction of sp³-hybridized carbons (Fsp3) is 0.706. The van der Waals surface area contributed by atoms with E-state index >= 15 is 0 Å². The topological polar surface area (TPSA) is 57.4 Å². The van der Waals surface area contributed by atoms with Crippen molar-refractivity contribution in [1.29, 1.82) is 0 Å². The maximum absolute atomic E-state index is 6.29. The fourth-order valence-corrected chi connectivity index (χ4v) is 3.29. The van der Waals surface area contributed by atoms with E-state index < -0.39 is 7.12 Å².